The second kappa shape index (κ2) is 5.26. The molecule has 2 atom stereocenters. The van der Waals surface area contributed by atoms with Gasteiger partial charge in [-0.05, 0) is 6.92 Å². The van der Waals surface area contributed by atoms with E-state index >= 15 is 0 Å². The van der Waals surface area contributed by atoms with Crippen LogP contribution in [0.1, 0.15) is 10.6 Å². The fraction of sp³-hybridized carbons (Fsp3) is 0.692. The quantitative estimate of drug-likeness (QED) is 0.840. The number of aromatic nitrogens is 1. The minimum Gasteiger partial charge on any atom is -0.481 e. The van der Waals surface area contributed by atoms with Gasteiger partial charge in [0.25, 0.3) is 0 Å². The van der Waals surface area contributed by atoms with Crippen LogP contribution in [0.3, 0.4) is 0 Å². The van der Waals surface area contributed by atoms with Gasteiger partial charge in [0.15, 0.2) is 0 Å². The van der Waals surface area contributed by atoms with Crippen molar-refractivity contribution in [3.05, 3.63) is 16.1 Å². The van der Waals surface area contributed by atoms with Crippen LogP contribution in [0.5, 0.6) is 0 Å². The molecule has 2 unspecified atom stereocenters. The summed E-state index contributed by atoms with van der Waals surface area (Å²) >= 11 is 1.57. The number of rotatable bonds is 4. The van der Waals surface area contributed by atoms with Crippen molar-refractivity contribution in [2.24, 2.45) is 11.3 Å². The summed E-state index contributed by atoms with van der Waals surface area (Å²) < 4.78 is 24.8. The van der Waals surface area contributed by atoms with E-state index in [0.717, 1.165) is 16.8 Å². The summed E-state index contributed by atoms with van der Waals surface area (Å²) in [6.07, 6.45) is 1.14. The van der Waals surface area contributed by atoms with Crippen LogP contribution in [0.2, 0.25) is 0 Å². The molecule has 0 saturated carbocycles. The van der Waals surface area contributed by atoms with Crippen LogP contribution < -0.4 is 0 Å². The molecule has 0 amide bonds. The predicted octanol–water partition coefficient (Wildman–Crippen LogP) is 0.230. The zero-order valence-electron chi connectivity index (χ0n) is 12.5. The molecule has 122 valence electrons. The van der Waals surface area contributed by atoms with Crippen LogP contribution >= 0.6 is 11.3 Å². The molecule has 22 heavy (non-hydrogen) atoms. The lowest BCUT2D eigenvalue weighted by Gasteiger charge is -2.24. The number of nitrogens with zero attached hydrogens (tertiary/aromatic N) is 3. The SMILES string of the molecule is Cc1ncsc1CN1CC2CN(S(C)(=O)=O)CC2(C(=O)O)C1. The second-order valence-electron chi connectivity index (χ2n) is 6.24. The second-order valence-corrected chi connectivity index (χ2v) is 9.17. The third kappa shape index (κ3) is 2.55. The van der Waals surface area contributed by atoms with Crippen molar-refractivity contribution in [2.45, 2.75) is 13.5 Å². The van der Waals surface area contributed by atoms with Crippen molar-refractivity contribution in [2.75, 3.05) is 32.4 Å². The van der Waals surface area contributed by atoms with Gasteiger partial charge in [-0.25, -0.2) is 17.7 Å². The summed E-state index contributed by atoms with van der Waals surface area (Å²) in [5.74, 6) is -1.06. The predicted molar refractivity (Wildman–Crippen MR) is 82.1 cm³/mol. The van der Waals surface area contributed by atoms with E-state index in [0.29, 0.717) is 26.2 Å². The molecule has 1 aromatic heterocycles. The lowest BCUT2D eigenvalue weighted by molar-refractivity contribution is -0.148. The number of thiazole rings is 1. The normalized spacial score (nSPS) is 29.8. The highest BCUT2D eigenvalue weighted by molar-refractivity contribution is 7.88. The van der Waals surface area contributed by atoms with Gasteiger partial charge in [-0.1, -0.05) is 0 Å². The monoisotopic (exact) mass is 345 g/mol. The summed E-state index contributed by atoms with van der Waals surface area (Å²) in [7, 11) is -3.35. The van der Waals surface area contributed by atoms with Crippen LogP contribution in [-0.2, 0) is 21.4 Å². The Kier molecular flexibility index (Phi) is 3.79. The molecule has 2 saturated heterocycles. The van der Waals surface area contributed by atoms with Gasteiger partial charge in [0.2, 0.25) is 10.0 Å². The molecule has 2 fully saturated rings. The smallest absolute Gasteiger partial charge is 0.312 e. The minimum atomic E-state index is -3.35. The van der Waals surface area contributed by atoms with Crippen molar-refractivity contribution >= 4 is 27.3 Å². The van der Waals surface area contributed by atoms with E-state index in [2.05, 4.69) is 9.88 Å². The molecular formula is C13H19N3O4S2. The first-order valence-electron chi connectivity index (χ1n) is 7.02. The summed E-state index contributed by atoms with van der Waals surface area (Å²) in [6, 6.07) is 0. The number of likely N-dealkylation sites (tertiary alicyclic amines) is 1. The van der Waals surface area contributed by atoms with E-state index < -0.39 is 21.4 Å². The highest BCUT2D eigenvalue weighted by Crippen LogP contribution is 2.44. The average molecular weight is 345 g/mol. The van der Waals surface area contributed by atoms with Crippen molar-refractivity contribution in [3.8, 4) is 0 Å². The third-order valence-corrected chi connectivity index (χ3v) is 6.89. The highest BCUT2D eigenvalue weighted by Gasteiger charge is 2.59. The van der Waals surface area contributed by atoms with E-state index in [9.17, 15) is 18.3 Å². The number of hydrogen-bond acceptors (Lipinski definition) is 6. The van der Waals surface area contributed by atoms with Crippen LogP contribution in [0.25, 0.3) is 0 Å². The van der Waals surface area contributed by atoms with Crippen molar-refractivity contribution in [3.63, 3.8) is 0 Å². The van der Waals surface area contributed by atoms with Crippen LogP contribution in [0.15, 0.2) is 5.51 Å². The average Bonchev–Trinajstić information content (AvgIpc) is 3.02. The standard InChI is InChI=1S/C13H19N3O4S2/c1-9-11(21-8-14-9)5-15-3-10-4-16(22(2,19)20)7-13(10,6-15)12(17)18/h8,10H,3-7H2,1-2H3,(H,17,18). The summed E-state index contributed by atoms with van der Waals surface area (Å²) in [5.41, 5.74) is 1.78. The lowest BCUT2D eigenvalue weighted by Crippen LogP contribution is -2.41. The third-order valence-electron chi connectivity index (χ3n) is 4.76. The molecule has 2 aliphatic heterocycles. The largest absolute Gasteiger partial charge is 0.481 e. The number of aryl methyl sites for hydroxylation is 1. The molecular weight excluding hydrogens is 326 g/mol. The fourth-order valence-electron chi connectivity index (χ4n) is 3.48. The van der Waals surface area contributed by atoms with Gasteiger partial charge in [-0.3, -0.25) is 9.69 Å². The molecule has 3 heterocycles. The maximum atomic E-state index is 11.8. The van der Waals surface area contributed by atoms with Crippen molar-refractivity contribution in [1.29, 1.82) is 0 Å². The molecule has 0 bridgehead atoms. The number of carboxylic acids is 1. The summed E-state index contributed by atoms with van der Waals surface area (Å²) in [5, 5.41) is 9.70. The topological polar surface area (TPSA) is 90.8 Å². The molecule has 1 aromatic rings. The number of carboxylic acid groups (broad SMARTS) is 1. The number of carbonyl (C=O) groups is 1. The fourth-order valence-corrected chi connectivity index (χ4v) is 5.21. The lowest BCUT2D eigenvalue weighted by atomic mass is 9.81. The first kappa shape index (κ1) is 15.9. The molecule has 0 aliphatic carbocycles. The van der Waals surface area contributed by atoms with Crippen LogP contribution in [0.4, 0.5) is 0 Å². The molecule has 2 aliphatic rings. The van der Waals surface area contributed by atoms with Crippen LogP contribution in [-0.4, -0.2) is 66.1 Å². The molecule has 0 radical (unpaired) electrons. The Morgan fingerprint density at radius 1 is 1.50 bits per heavy atom. The Morgan fingerprint density at radius 3 is 2.73 bits per heavy atom. The highest BCUT2D eigenvalue weighted by atomic mass is 32.2. The van der Waals surface area contributed by atoms with Gasteiger partial charge >= 0.3 is 5.97 Å². The van der Waals surface area contributed by atoms with E-state index in [1.54, 1.807) is 16.8 Å². The first-order valence-corrected chi connectivity index (χ1v) is 9.75. The van der Waals surface area contributed by atoms with Crippen molar-refractivity contribution < 1.29 is 18.3 Å². The molecule has 0 spiro atoms. The van der Waals surface area contributed by atoms with E-state index in [-0.39, 0.29) is 12.5 Å². The Bertz CT molecular complexity index is 702. The van der Waals surface area contributed by atoms with Crippen molar-refractivity contribution in [1.82, 2.24) is 14.2 Å². The van der Waals surface area contributed by atoms with E-state index in [4.69, 9.17) is 0 Å². The van der Waals surface area contributed by atoms with Gasteiger partial charge < -0.3 is 5.11 Å². The number of sulfonamides is 1. The molecule has 7 nitrogen and oxygen atoms in total. The summed E-state index contributed by atoms with van der Waals surface area (Å²) in [6.45, 7) is 3.99. The maximum absolute atomic E-state index is 11.8. The minimum absolute atomic E-state index is 0.0734. The first-order chi connectivity index (χ1) is 10.2. The van der Waals surface area contributed by atoms with E-state index in [1.165, 1.54) is 4.31 Å². The van der Waals surface area contributed by atoms with E-state index in [1.807, 2.05) is 6.92 Å². The van der Waals surface area contributed by atoms with Gasteiger partial charge in [0.1, 0.15) is 0 Å². The zero-order valence-corrected chi connectivity index (χ0v) is 14.2. The molecule has 3 rings (SSSR count). The molecule has 1 N–H and O–H groups in total. The summed E-state index contributed by atoms with van der Waals surface area (Å²) in [4.78, 5) is 19.3. The zero-order chi connectivity index (χ0) is 16.1. The number of aliphatic carboxylic acids is 1. The van der Waals surface area contributed by atoms with Gasteiger partial charge in [0, 0.05) is 43.5 Å². The van der Waals surface area contributed by atoms with Gasteiger partial charge in [0.05, 0.1) is 22.9 Å². The molecule has 0 aromatic carbocycles. The molecule has 9 heteroatoms. The van der Waals surface area contributed by atoms with Crippen LogP contribution in [0, 0.1) is 18.3 Å². The Hall–Kier alpha value is -1.03. The van der Waals surface area contributed by atoms with Gasteiger partial charge in [-0.15, -0.1) is 11.3 Å². The number of fused-ring (bicyclic) bond motifs is 1. The Balaban J connectivity index is 1.79. The maximum Gasteiger partial charge on any atom is 0.312 e. The van der Waals surface area contributed by atoms with Gasteiger partial charge in [-0.2, -0.15) is 0 Å². The Morgan fingerprint density at radius 2 is 2.23 bits per heavy atom. The Labute approximate surface area is 133 Å². The number of hydrogen-bond donors (Lipinski definition) is 1.